The standard InChI is InChI=1S/C43H51N5O11/c49-26-34-37(50)38(59-36-21-11-13-25-54-36)39(58-34)48-24-22-35(47-43(53)57-29-32-18-8-3-9-19-32)46-41(48)44-23-12-10-20-33(40(51)55-27-30-14-4-1-5-15-30)45-42(52)56-28-31-16-6-2-7-17-31/h1-9,14-19,22,24,33-34,36-39,49-50H,10-13,20-21,23,25-29H2,(H,45,52)(H,44,46,47,53)/t33-,34?,36?,37+,38+,39+/m0/s1. The van der Waals surface area contributed by atoms with E-state index in [9.17, 15) is 24.6 Å². The number of esters is 1. The number of rotatable bonds is 18. The molecule has 16 nitrogen and oxygen atoms in total. The van der Waals surface area contributed by atoms with Crippen molar-refractivity contribution in [2.24, 2.45) is 4.99 Å². The summed E-state index contributed by atoms with van der Waals surface area (Å²) in [5.41, 5.74) is 2.54. The molecule has 0 aliphatic carbocycles. The second-order valence-corrected chi connectivity index (χ2v) is 14.1. The van der Waals surface area contributed by atoms with Crippen LogP contribution in [-0.2, 0) is 53.0 Å². The smallest absolute Gasteiger partial charge is 0.413 e. The number of hydrogen-bond acceptors (Lipinski definition) is 13. The predicted octanol–water partition coefficient (Wildman–Crippen LogP) is 4.90. The fraction of sp³-hybridized carbons (Fsp3) is 0.419. The first-order chi connectivity index (χ1) is 28.9. The molecule has 1 aromatic heterocycles. The predicted molar refractivity (Wildman–Crippen MR) is 212 cm³/mol. The van der Waals surface area contributed by atoms with Crippen LogP contribution in [0, 0.1) is 0 Å². The average molecular weight is 814 g/mol. The second-order valence-electron chi connectivity index (χ2n) is 14.1. The number of ether oxygens (including phenoxy) is 6. The normalized spacial score (nSPS) is 21.0. The zero-order valence-corrected chi connectivity index (χ0v) is 32.7. The van der Waals surface area contributed by atoms with E-state index in [0.717, 1.165) is 29.5 Å². The number of alkyl carbamates (subject to hydrolysis) is 1. The van der Waals surface area contributed by atoms with Crippen LogP contribution in [-0.4, -0.2) is 88.3 Å². The lowest BCUT2D eigenvalue weighted by Crippen LogP contribution is -2.42. The highest BCUT2D eigenvalue weighted by Gasteiger charge is 2.47. The van der Waals surface area contributed by atoms with Gasteiger partial charge in [-0.1, -0.05) is 91.0 Å². The molecular weight excluding hydrogens is 762 g/mol. The molecule has 2 fully saturated rings. The number of aliphatic hydroxyl groups excluding tert-OH is 2. The third kappa shape index (κ3) is 13.2. The number of anilines is 1. The van der Waals surface area contributed by atoms with Crippen LogP contribution in [0.5, 0.6) is 0 Å². The van der Waals surface area contributed by atoms with E-state index in [-0.39, 0.29) is 44.2 Å². The third-order valence-corrected chi connectivity index (χ3v) is 9.67. The van der Waals surface area contributed by atoms with E-state index in [4.69, 9.17) is 33.4 Å². The molecule has 2 saturated heterocycles. The number of aliphatic hydroxyl groups is 2. The Morgan fingerprint density at radius 3 is 2.07 bits per heavy atom. The zero-order chi connectivity index (χ0) is 41.2. The summed E-state index contributed by atoms with van der Waals surface area (Å²) in [5, 5.41) is 26.5. The molecule has 2 aliphatic heterocycles. The van der Waals surface area contributed by atoms with Gasteiger partial charge in [0.1, 0.15) is 50.0 Å². The SMILES string of the molecule is O=C(Nc1ccn([C@@H]2OC(CO)[C@@H](O)[C@H]2OC2CCCCO2)/c(=N/CCCC[C@H](NC(=O)OCc2ccccc2)C(=O)OCc2ccccc2)n1)OCc1ccccc1. The topological polar surface area (TPSA) is 201 Å². The number of unbranched alkanes of at least 4 members (excludes halogenated alkanes) is 1. The van der Waals surface area contributed by atoms with Gasteiger partial charge in [0, 0.05) is 19.3 Å². The van der Waals surface area contributed by atoms with Crippen LogP contribution < -0.4 is 16.3 Å². The largest absolute Gasteiger partial charge is 0.459 e. The highest BCUT2D eigenvalue weighted by atomic mass is 16.7. The molecular formula is C43H51N5O11. The molecule has 0 radical (unpaired) electrons. The molecule has 59 heavy (non-hydrogen) atoms. The fourth-order valence-electron chi connectivity index (χ4n) is 6.53. The summed E-state index contributed by atoms with van der Waals surface area (Å²) in [5.74, 6) is -0.467. The minimum atomic E-state index is -1.19. The summed E-state index contributed by atoms with van der Waals surface area (Å²) < 4.78 is 36.0. The molecule has 0 bridgehead atoms. The van der Waals surface area contributed by atoms with E-state index in [2.05, 4.69) is 15.6 Å². The number of amides is 2. The summed E-state index contributed by atoms with van der Waals surface area (Å²) >= 11 is 0. The first-order valence-electron chi connectivity index (χ1n) is 19.8. The van der Waals surface area contributed by atoms with Crippen LogP contribution >= 0.6 is 0 Å². The number of hydrogen-bond donors (Lipinski definition) is 4. The Kier molecular flexibility index (Phi) is 16.4. The lowest BCUT2D eigenvalue weighted by molar-refractivity contribution is -0.215. The molecule has 0 saturated carbocycles. The van der Waals surface area contributed by atoms with Crippen molar-refractivity contribution >= 4 is 24.0 Å². The van der Waals surface area contributed by atoms with Crippen molar-refractivity contribution in [1.29, 1.82) is 0 Å². The summed E-state index contributed by atoms with van der Waals surface area (Å²) in [6.07, 6.45) is -0.970. The molecule has 4 aromatic rings. The number of aromatic nitrogens is 2. The van der Waals surface area contributed by atoms with Crippen molar-refractivity contribution in [3.05, 3.63) is 126 Å². The van der Waals surface area contributed by atoms with Crippen LogP contribution in [0.1, 0.15) is 61.4 Å². The lowest BCUT2D eigenvalue weighted by atomic mass is 10.1. The summed E-state index contributed by atoms with van der Waals surface area (Å²) in [6.45, 7) is 0.386. The first-order valence-corrected chi connectivity index (χ1v) is 19.8. The van der Waals surface area contributed by atoms with Gasteiger partial charge in [-0.05, 0) is 61.3 Å². The Morgan fingerprint density at radius 2 is 1.46 bits per heavy atom. The maximum Gasteiger partial charge on any atom is 0.413 e. The number of carbonyl (C=O) groups is 3. The van der Waals surface area contributed by atoms with E-state index >= 15 is 0 Å². The monoisotopic (exact) mass is 813 g/mol. The Bertz CT molecular complexity index is 1980. The molecule has 2 amide bonds. The van der Waals surface area contributed by atoms with Crippen molar-refractivity contribution in [1.82, 2.24) is 14.9 Å². The molecule has 0 spiro atoms. The molecule has 4 N–H and O–H groups in total. The minimum absolute atomic E-state index is 0.0311. The number of nitrogens with zero attached hydrogens (tertiary/aromatic N) is 3. The molecule has 314 valence electrons. The van der Waals surface area contributed by atoms with Crippen molar-refractivity contribution in [3.8, 4) is 0 Å². The van der Waals surface area contributed by atoms with E-state index in [0.29, 0.717) is 25.9 Å². The van der Waals surface area contributed by atoms with Crippen LogP contribution in [0.2, 0.25) is 0 Å². The molecule has 2 aliphatic rings. The quantitative estimate of drug-likeness (QED) is 0.0603. The van der Waals surface area contributed by atoms with Gasteiger partial charge in [-0.25, -0.2) is 14.4 Å². The number of nitrogens with one attached hydrogen (secondary N) is 2. The Balaban J connectivity index is 1.15. The van der Waals surface area contributed by atoms with E-state index in [1.54, 1.807) is 10.8 Å². The van der Waals surface area contributed by atoms with Gasteiger partial charge in [-0.15, -0.1) is 0 Å². The number of benzene rings is 3. The van der Waals surface area contributed by atoms with Gasteiger partial charge in [0.25, 0.3) is 0 Å². The molecule has 6 rings (SSSR count). The zero-order valence-electron chi connectivity index (χ0n) is 32.7. The molecule has 6 atom stereocenters. The highest BCUT2D eigenvalue weighted by Crippen LogP contribution is 2.33. The van der Waals surface area contributed by atoms with Gasteiger partial charge in [0.05, 0.1) is 6.61 Å². The Morgan fingerprint density at radius 1 is 0.831 bits per heavy atom. The van der Waals surface area contributed by atoms with Gasteiger partial charge < -0.3 is 44.0 Å². The first kappa shape index (κ1) is 42.9. The Labute approximate surface area is 342 Å². The van der Waals surface area contributed by atoms with E-state index in [1.165, 1.54) is 6.07 Å². The summed E-state index contributed by atoms with van der Waals surface area (Å²) in [7, 11) is 0. The Hall–Kier alpha value is -5.65. The van der Waals surface area contributed by atoms with Crippen molar-refractivity contribution < 1.29 is 53.0 Å². The van der Waals surface area contributed by atoms with E-state index < -0.39 is 61.6 Å². The van der Waals surface area contributed by atoms with Gasteiger partial charge in [-0.2, -0.15) is 4.98 Å². The summed E-state index contributed by atoms with van der Waals surface area (Å²) in [4.78, 5) is 48.2. The maximum atomic E-state index is 13.3. The maximum absolute atomic E-state index is 13.3. The fourth-order valence-corrected chi connectivity index (χ4v) is 6.53. The molecule has 2 unspecified atom stereocenters. The molecule has 3 heterocycles. The molecule has 3 aromatic carbocycles. The molecule has 16 heteroatoms. The van der Waals surface area contributed by atoms with E-state index in [1.807, 2.05) is 91.0 Å². The van der Waals surface area contributed by atoms with Crippen LogP contribution in [0.4, 0.5) is 15.4 Å². The van der Waals surface area contributed by atoms with Crippen LogP contribution in [0.15, 0.2) is 108 Å². The van der Waals surface area contributed by atoms with Gasteiger partial charge in [-0.3, -0.25) is 14.9 Å². The van der Waals surface area contributed by atoms with Gasteiger partial charge in [0.15, 0.2) is 12.5 Å². The van der Waals surface area contributed by atoms with Gasteiger partial charge >= 0.3 is 18.2 Å². The van der Waals surface area contributed by atoms with Crippen molar-refractivity contribution in [2.45, 2.75) is 95.2 Å². The van der Waals surface area contributed by atoms with Crippen LogP contribution in [0.25, 0.3) is 0 Å². The van der Waals surface area contributed by atoms with Crippen LogP contribution in [0.3, 0.4) is 0 Å². The minimum Gasteiger partial charge on any atom is -0.459 e. The highest BCUT2D eigenvalue weighted by molar-refractivity contribution is 5.83. The van der Waals surface area contributed by atoms with Crippen molar-refractivity contribution in [2.75, 3.05) is 25.1 Å². The lowest BCUT2D eigenvalue weighted by Gasteiger charge is -2.30. The van der Waals surface area contributed by atoms with Crippen molar-refractivity contribution in [3.63, 3.8) is 0 Å². The summed E-state index contributed by atoms with van der Waals surface area (Å²) in [6, 6.07) is 28.2. The van der Waals surface area contributed by atoms with Gasteiger partial charge in [0.2, 0.25) is 5.62 Å². The number of carbonyl (C=O) groups excluding carboxylic acids is 3. The average Bonchev–Trinajstić information content (AvgIpc) is 3.58. The third-order valence-electron chi connectivity index (χ3n) is 9.67. The second kappa shape index (κ2) is 22.5.